The van der Waals surface area contributed by atoms with E-state index in [2.05, 4.69) is 49.7 Å². The number of aromatic nitrogens is 2. The van der Waals surface area contributed by atoms with Crippen LogP contribution in [0.1, 0.15) is 44.1 Å². The predicted octanol–water partition coefficient (Wildman–Crippen LogP) is 3.39. The van der Waals surface area contributed by atoms with Gasteiger partial charge < -0.3 is 5.32 Å². The molecule has 0 saturated carbocycles. The fourth-order valence-corrected chi connectivity index (χ4v) is 2.78. The van der Waals surface area contributed by atoms with E-state index in [4.69, 9.17) is 0 Å². The molecule has 19 heavy (non-hydrogen) atoms. The summed E-state index contributed by atoms with van der Waals surface area (Å²) in [4.78, 5) is 0. The minimum atomic E-state index is 0.696. The molecule has 0 aromatic carbocycles. The van der Waals surface area contributed by atoms with Crippen molar-refractivity contribution in [2.24, 2.45) is 5.92 Å². The summed E-state index contributed by atoms with van der Waals surface area (Å²) >= 11 is 2.01. The molecule has 1 aromatic heterocycles. The van der Waals surface area contributed by atoms with E-state index in [0.29, 0.717) is 5.92 Å². The third-order valence-corrected chi connectivity index (χ3v) is 4.23. The smallest absolute Gasteiger partial charge is 0.0641 e. The number of aryl methyl sites for hydroxylation is 2. The van der Waals surface area contributed by atoms with E-state index in [0.717, 1.165) is 19.6 Å². The van der Waals surface area contributed by atoms with Crippen molar-refractivity contribution in [1.29, 1.82) is 0 Å². The molecule has 0 atom stereocenters. The van der Waals surface area contributed by atoms with Crippen LogP contribution in [-0.4, -0.2) is 27.8 Å². The van der Waals surface area contributed by atoms with E-state index >= 15 is 0 Å². The van der Waals surface area contributed by atoms with Crippen molar-refractivity contribution in [2.45, 2.75) is 54.1 Å². The molecule has 0 aliphatic heterocycles. The summed E-state index contributed by atoms with van der Waals surface area (Å²) in [6.45, 7) is 14.1. The van der Waals surface area contributed by atoms with Crippen molar-refractivity contribution in [1.82, 2.24) is 15.1 Å². The maximum Gasteiger partial charge on any atom is 0.0641 e. The molecule has 110 valence electrons. The van der Waals surface area contributed by atoms with Gasteiger partial charge in [0.15, 0.2) is 0 Å². The number of nitrogens with zero attached hydrogens (tertiary/aromatic N) is 2. The summed E-state index contributed by atoms with van der Waals surface area (Å²) in [6, 6.07) is 0. The van der Waals surface area contributed by atoms with E-state index in [1.165, 1.54) is 34.9 Å². The van der Waals surface area contributed by atoms with Crippen LogP contribution in [0.4, 0.5) is 0 Å². The van der Waals surface area contributed by atoms with Crippen LogP contribution in [0, 0.1) is 19.8 Å². The van der Waals surface area contributed by atoms with Crippen LogP contribution in [0.5, 0.6) is 0 Å². The van der Waals surface area contributed by atoms with Crippen molar-refractivity contribution in [3.05, 3.63) is 17.0 Å². The summed E-state index contributed by atoms with van der Waals surface area (Å²) in [7, 11) is 0. The number of thioether (sulfide) groups is 1. The van der Waals surface area contributed by atoms with Crippen LogP contribution in [0.3, 0.4) is 0 Å². The van der Waals surface area contributed by atoms with Gasteiger partial charge in [-0.3, -0.25) is 4.68 Å². The molecule has 4 heteroatoms. The first-order valence-electron chi connectivity index (χ1n) is 7.37. The molecule has 0 aliphatic carbocycles. The van der Waals surface area contributed by atoms with Gasteiger partial charge in [-0.2, -0.15) is 16.9 Å². The second kappa shape index (κ2) is 8.64. The molecule has 0 spiro atoms. The Balaban J connectivity index is 2.51. The molecule has 0 amide bonds. The molecular formula is C15H29N3S. The Morgan fingerprint density at radius 2 is 2.05 bits per heavy atom. The molecule has 1 heterocycles. The summed E-state index contributed by atoms with van der Waals surface area (Å²) in [5.41, 5.74) is 3.89. The molecule has 1 rings (SSSR count). The van der Waals surface area contributed by atoms with Crippen LogP contribution >= 0.6 is 11.8 Å². The first-order valence-corrected chi connectivity index (χ1v) is 8.53. The second-order valence-corrected chi connectivity index (χ2v) is 6.84. The molecule has 1 aromatic rings. The van der Waals surface area contributed by atoms with Crippen LogP contribution in [0.25, 0.3) is 0 Å². The zero-order chi connectivity index (χ0) is 14.3. The van der Waals surface area contributed by atoms with E-state index in [1.807, 2.05) is 11.8 Å². The fraction of sp³-hybridized carbons (Fsp3) is 0.800. The molecule has 1 N–H and O–H groups in total. The highest BCUT2D eigenvalue weighted by atomic mass is 32.2. The molecule has 0 unspecified atom stereocenters. The maximum absolute atomic E-state index is 4.67. The molecule has 0 fully saturated rings. The Morgan fingerprint density at radius 3 is 2.68 bits per heavy atom. The summed E-state index contributed by atoms with van der Waals surface area (Å²) in [6.07, 6.45) is 1.21. The van der Waals surface area contributed by atoms with Crippen LogP contribution in [-0.2, 0) is 13.1 Å². The van der Waals surface area contributed by atoms with Crippen LogP contribution in [0.15, 0.2) is 0 Å². The average Bonchev–Trinajstić information content (AvgIpc) is 2.62. The quantitative estimate of drug-likeness (QED) is 0.705. The third-order valence-electron chi connectivity index (χ3n) is 3.25. The van der Waals surface area contributed by atoms with Crippen molar-refractivity contribution < 1.29 is 0 Å². The average molecular weight is 283 g/mol. The number of rotatable bonds is 9. The molecule has 0 saturated heterocycles. The zero-order valence-electron chi connectivity index (χ0n) is 13.1. The van der Waals surface area contributed by atoms with Gasteiger partial charge in [-0.1, -0.05) is 20.8 Å². The lowest BCUT2D eigenvalue weighted by Gasteiger charge is -2.08. The second-order valence-electron chi connectivity index (χ2n) is 5.45. The van der Waals surface area contributed by atoms with Gasteiger partial charge in [-0.15, -0.1) is 0 Å². The first-order chi connectivity index (χ1) is 9.06. The zero-order valence-corrected chi connectivity index (χ0v) is 13.9. The van der Waals surface area contributed by atoms with Crippen molar-refractivity contribution in [3.8, 4) is 0 Å². The van der Waals surface area contributed by atoms with Gasteiger partial charge in [0, 0.05) is 24.3 Å². The number of hydrogen-bond acceptors (Lipinski definition) is 3. The van der Waals surface area contributed by atoms with E-state index in [1.54, 1.807) is 0 Å². The Labute approximate surface area is 122 Å². The van der Waals surface area contributed by atoms with Crippen molar-refractivity contribution in [3.63, 3.8) is 0 Å². The van der Waals surface area contributed by atoms with Gasteiger partial charge in [0.25, 0.3) is 0 Å². The third kappa shape index (κ3) is 5.57. The SMILES string of the molecule is CCSCCCn1nc(C)c(CNCC(C)C)c1C. The highest BCUT2D eigenvalue weighted by Gasteiger charge is 2.10. The van der Waals surface area contributed by atoms with E-state index in [9.17, 15) is 0 Å². The Kier molecular flexibility index (Phi) is 7.54. The Morgan fingerprint density at radius 1 is 1.32 bits per heavy atom. The lowest BCUT2D eigenvalue weighted by molar-refractivity contribution is 0.549. The largest absolute Gasteiger partial charge is 0.312 e. The van der Waals surface area contributed by atoms with Gasteiger partial charge in [-0.25, -0.2) is 0 Å². The highest BCUT2D eigenvalue weighted by molar-refractivity contribution is 7.99. The lowest BCUT2D eigenvalue weighted by Crippen LogP contribution is -2.19. The van der Waals surface area contributed by atoms with Crippen molar-refractivity contribution >= 4 is 11.8 Å². The molecule has 0 bridgehead atoms. The van der Waals surface area contributed by atoms with Crippen LogP contribution in [0.2, 0.25) is 0 Å². The molecular weight excluding hydrogens is 254 g/mol. The van der Waals surface area contributed by atoms with Gasteiger partial charge >= 0.3 is 0 Å². The van der Waals surface area contributed by atoms with E-state index in [-0.39, 0.29) is 0 Å². The highest BCUT2D eigenvalue weighted by Crippen LogP contribution is 2.14. The normalized spacial score (nSPS) is 11.5. The Hall–Kier alpha value is -0.480. The summed E-state index contributed by atoms with van der Waals surface area (Å²) in [5, 5.41) is 8.19. The molecule has 3 nitrogen and oxygen atoms in total. The fourth-order valence-electron chi connectivity index (χ4n) is 2.15. The first kappa shape index (κ1) is 16.6. The minimum absolute atomic E-state index is 0.696. The Bertz CT molecular complexity index is 372. The van der Waals surface area contributed by atoms with Gasteiger partial charge in [0.2, 0.25) is 0 Å². The monoisotopic (exact) mass is 283 g/mol. The van der Waals surface area contributed by atoms with Crippen LogP contribution < -0.4 is 5.32 Å². The lowest BCUT2D eigenvalue weighted by atomic mass is 10.2. The maximum atomic E-state index is 4.67. The molecule has 0 radical (unpaired) electrons. The van der Waals surface area contributed by atoms with Crippen molar-refractivity contribution in [2.75, 3.05) is 18.1 Å². The van der Waals surface area contributed by atoms with E-state index < -0.39 is 0 Å². The number of nitrogens with one attached hydrogen (secondary N) is 1. The van der Waals surface area contributed by atoms with Gasteiger partial charge in [-0.05, 0) is 44.2 Å². The minimum Gasteiger partial charge on any atom is -0.312 e. The molecule has 0 aliphatic rings. The standard InChI is InChI=1S/C15H29N3S/c1-6-19-9-7-8-18-14(5)15(13(4)17-18)11-16-10-12(2)3/h12,16H,6-11H2,1-5H3. The topological polar surface area (TPSA) is 29.9 Å². The number of hydrogen-bond donors (Lipinski definition) is 1. The van der Waals surface area contributed by atoms with Gasteiger partial charge in [0.05, 0.1) is 5.69 Å². The summed E-state index contributed by atoms with van der Waals surface area (Å²) in [5.74, 6) is 3.14. The summed E-state index contributed by atoms with van der Waals surface area (Å²) < 4.78 is 2.18. The predicted molar refractivity (Wildman–Crippen MR) is 85.9 cm³/mol. The van der Waals surface area contributed by atoms with Gasteiger partial charge in [0.1, 0.15) is 0 Å².